The van der Waals surface area contributed by atoms with E-state index in [-0.39, 0.29) is 0 Å². The third-order valence-corrected chi connectivity index (χ3v) is 2.45. The van der Waals surface area contributed by atoms with Crippen LogP contribution >= 0.6 is 15.9 Å². The molecule has 0 radical (unpaired) electrons. The number of aryl methyl sites for hydroxylation is 1. The fourth-order valence-corrected chi connectivity index (χ4v) is 1.65. The van der Waals surface area contributed by atoms with Crippen molar-refractivity contribution < 1.29 is 0 Å². The normalized spacial score (nSPS) is 9.27. The SMILES string of the molecule is CC.Cc1c(C#N)[nH]c2cnc(Br)cc12. The molecule has 0 aliphatic heterocycles. The van der Waals surface area contributed by atoms with Crippen LogP contribution in [0.3, 0.4) is 0 Å². The third kappa shape index (κ3) is 2.18. The molecule has 15 heavy (non-hydrogen) atoms. The van der Waals surface area contributed by atoms with E-state index < -0.39 is 0 Å². The molecular formula is C11H12BrN3. The van der Waals surface area contributed by atoms with E-state index in [1.165, 1.54) is 0 Å². The van der Waals surface area contributed by atoms with Gasteiger partial charge in [0.2, 0.25) is 0 Å². The number of hydrogen-bond acceptors (Lipinski definition) is 2. The van der Waals surface area contributed by atoms with Crippen molar-refractivity contribution in [1.29, 1.82) is 5.26 Å². The Bertz CT molecular complexity index is 508. The topological polar surface area (TPSA) is 52.5 Å². The third-order valence-electron chi connectivity index (χ3n) is 2.02. The zero-order valence-electron chi connectivity index (χ0n) is 8.93. The van der Waals surface area contributed by atoms with Crippen LogP contribution in [0.5, 0.6) is 0 Å². The Balaban J connectivity index is 0.000000531. The van der Waals surface area contributed by atoms with E-state index in [2.05, 4.69) is 32.0 Å². The van der Waals surface area contributed by atoms with E-state index >= 15 is 0 Å². The van der Waals surface area contributed by atoms with Gasteiger partial charge in [0.05, 0.1) is 11.7 Å². The van der Waals surface area contributed by atoms with Crippen molar-refractivity contribution in [3.05, 3.63) is 28.1 Å². The summed E-state index contributed by atoms with van der Waals surface area (Å²) in [6.45, 7) is 5.92. The lowest BCUT2D eigenvalue weighted by molar-refractivity contribution is 1.28. The van der Waals surface area contributed by atoms with E-state index in [9.17, 15) is 0 Å². The summed E-state index contributed by atoms with van der Waals surface area (Å²) < 4.78 is 0.784. The number of aromatic nitrogens is 2. The first-order valence-corrected chi connectivity index (χ1v) is 5.55. The maximum absolute atomic E-state index is 8.78. The lowest BCUT2D eigenvalue weighted by atomic mass is 10.2. The van der Waals surface area contributed by atoms with Gasteiger partial charge in [0.25, 0.3) is 0 Å². The first-order valence-electron chi connectivity index (χ1n) is 4.76. The molecule has 0 spiro atoms. The Morgan fingerprint density at radius 2 is 2.13 bits per heavy atom. The largest absolute Gasteiger partial charge is 0.345 e. The molecule has 2 heterocycles. The number of rotatable bonds is 0. The second-order valence-corrected chi connectivity index (χ2v) is 3.60. The lowest BCUT2D eigenvalue weighted by Gasteiger charge is -1.90. The number of nitrogens with one attached hydrogen (secondary N) is 1. The molecule has 3 nitrogen and oxygen atoms in total. The van der Waals surface area contributed by atoms with Crippen LogP contribution in [0.25, 0.3) is 10.9 Å². The minimum atomic E-state index is 0.606. The molecule has 2 rings (SSSR count). The van der Waals surface area contributed by atoms with Gasteiger partial charge in [0.15, 0.2) is 0 Å². The van der Waals surface area contributed by atoms with Crippen molar-refractivity contribution in [1.82, 2.24) is 9.97 Å². The fraction of sp³-hybridized carbons (Fsp3) is 0.273. The van der Waals surface area contributed by atoms with E-state index in [1.54, 1.807) is 6.20 Å². The van der Waals surface area contributed by atoms with Crippen LogP contribution in [0.2, 0.25) is 0 Å². The molecule has 4 heteroatoms. The molecule has 0 aromatic carbocycles. The van der Waals surface area contributed by atoms with Crippen molar-refractivity contribution in [2.24, 2.45) is 0 Å². The molecule has 1 N–H and O–H groups in total. The second-order valence-electron chi connectivity index (χ2n) is 2.79. The smallest absolute Gasteiger partial charge is 0.121 e. The van der Waals surface area contributed by atoms with Crippen molar-refractivity contribution in [2.75, 3.05) is 0 Å². The van der Waals surface area contributed by atoms with Gasteiger partial charge in [0, 0.05) is 5.39 Å². The summed E-state index contributed by atoms with van der Waals surface area (Å²) in [5.74, 6) is 0. The quantitative estimate of drug-likeness (QED) is 0.741. The van der Waals surface area contributed by atoms with E-state index in [1.807, 2.05) is 26.8 Å². The van der Waals surface area contributed by atoms with Crippen LogP contribution in [0.15, 0.2) is 16.9 Å². The average Bonchev–Trinajstić information content (AvgIpc) is 2.59. The zero-order chi connectivity index (χ0) is 11.4. The average molecular weight is 266 g/mol. The minimum Gasteiger partial charge on any atom is -0.345 e. The van der Waals surface area contributed by atoms with E-state index in [0.29, 0.717) is 5.69 Å². The molecular weight excluding hydrogens is 254 g/mol. The summed E-state index contributed by atoms with van der Waals surface area (Å²) in [5, 5.41) is 9.82. The molecule has 2 aromatic heterocycles. The van der Waals surface area contributed by atoms with Gasteiger partial charge in [-0.1, -0.05) is 13.8 Å². The monoisotopic (exact) mass is 265 g/mol. The number of aromatic amines is 1. The highest BCUT2D eigenvalue weighted by atomic mass is 79.9. The van der Waals surface area contributed by atoms with Gasteiger partial charge in [-0.3, -0.25) is 0 Å². The van der Waals surface area contributed by atoms with Gasteiger partial charge in [-0.15, -0.1) is 0 Å². The number of halogens is 1. The Kier molecular flexibility index (Phi) is 3.87. The number of H-pyrrole nitrogens is 1. The molecule has 0 amide bonds. The van der Waals surface area contributed by atoms with Crippen molar-refractivity contribution >= 4 is 26.8 Å². The molecule has 0 atom stereocenters. The number of fused-ring (bicyclic) bond motifs is 1. The van der Waals surface area contributed by atoms with Crippen LogP contribution in [0.1, 0.15) is 25.1 Å². The summed E-state index contributed by atoms with van der Waals surface area (Å²) >= 11 is 3.29. The molecule has 78 valence electrons. The standard InChI is InChI=1S/C9H6BrN3.C2H6/c1-5-6-2-9(10)12-4-8(6)13-7(5)3-11;1-2/h2,4,13H,1H3;1-2H3. The van der Waals surface area contributed by atoms with Crippen molar-refractivity contribution in [3.8, 4) is 6.07 Å². The van der Waals surface area contributed by atoms with Crippen LogP contribution in [0.4, 0.5) is 0 Å². The van der Waals surface area contributed by atoms with Crippen LogP contribution in [-0.2, 0) is 0 Å². The number of nitriles is 1. The summed E-state index contributed by atoms with van der Waals surface area (Å²) in [6, 6.07) is 4.01. The van der Waals surface area contributed by atoms with Crippen molar-refractivity contribution in [3.63, 3.8) is 0 Å². The summed E-state index contributed by atoms with van der Waals surface area (Å²) in [4.78, 5) is 7.07. The number of nitrogens with zero attached hydrogens (tertiary/aromatic N) is 2. The fourth-order valence-electron chi connectivity index (χ4n) is 1.31. The molecule has 0 saturated carbocycles. The first kappa shape index (κ1) is 11.7. The van der Waals surface area contributed by atoms with E-state index in [4.69, 9.17) is 5.26 Å². The molecule has 0 fully saturated rings. The number of hydrogen-bond donors (Lipinski definition) is 1. The van der Waals surface area contributed by atoms with Gasteiger partial charge in [0.1, 0.15) is 16.4 Å². The van der Waals surface area contributed by atoms with Gasteiger partial charge in [-0.05, 0) is 34.5 Å². The molecule has 0 unspecified atom stereocenters. The van der Waals surface area contributed by atoms with Gasteiger partial charge < -0.3 is 4.98 Å². The van der Waals surface area contributed by atoms with Gasteiger partial charge in [-0.25, -0.2) is 4.98 Å². The predicted octanol–water partition coefficient (Wildman–Crippen LogP) is 3.53. The van der Waals surface area contributed by atoms with Crippen LogP contribution in [0, 0.1) is 18.3 Å². The Morgan fingerprint density at radius 1 is 1.47 bits per heavy atom. The Hall–Kier alpha value is -1.34. The predicted molar refractivity (Wildman–Crippen MR) is 64.6 cm³/mol. The highest BCUT2D eigenvalue weighted by Crippen LogP contribution is 2.22. The lowest BCUT2D eigenvalue weighted by Crippen LogP contribution is -1.75. The summed E-state index contributed by atoms with van der Waals surface area (Å²) in [5.41, 5.74) is 2.48. The van der Waals surface area contributed by atoms with Crippen LogP contribution < -0.4 is 0 Å². The molecule has 0 bridgehead atoms. The van der Waals surface area contributed by atoms with E-state index in [0.717, 1.165) is 21.1 Å². The second kappa shape index (κ2) is 4.94. The molecule has 0 aliphatic carbocycles. The highest BCUT2D eigenvalue weighted by Gasteiger charge is 2.06. The molecule has 2 aromatic rings. The summed E-state index contributed by atoms with van der Waals surface area (Å²) in [6.07, 6.45) is 1.72. The number of pyridine rings is 1. The summed E-state index contributed by atoms with van der Waals surface area (Å²) in [7, 11) is 0. The zero-order valence-corrected chi connectivity index (χ0v) is 10.5. The Morgan fingerprint density at radius 3 is 2.73 bits per heavy atom. The maximum atomic E-state index is 8.78. The highest BCUT2D eigenvalue weighted by molar-refractivity contribution is 9.10. The molecule has 0 aliphatic rings. The minimum absolute atomic E-state index is 0.606. The van der Waals surface area contributed by atoms with Crippen molar-refractivity contribution in [2.45, 2.75) is 20.8 Å². The molecule has 0 saturated heterocycles. The van der Waals surface area contributed by atoms with Crippen LogP contribution in [-0.4, -0.2) is 9.97 Å². The maximum Gasteiger partial charge on any atom is 0.121 e. The first-order chi connectivity index (χ1) is 7.22. The van der Waals surface area contributed by atoms with Gasteiger partial charge in [-0.2, -0.15) is 5.26 Å². The van der Waals surface area contributed by atoms with Gasteiger partial charge >= 0.3 is 0 Å². The Labute approximate surface area is 97.3 Å².